The highest BCUT2D eigenvalue weighted by Gasteiger charge is 2.30. The number of amides is 2. The van der Waals surface area contributed by atoms with E-state index in [4.69, 9.17) is 4.74 Å². The molecule has 0 aliphatic carbocycles. The first-order chi connectivity index (χ1) is 9.70. The zero-order valence-electron chi connectivity index (χ0n) is 11.7. The van der Waals surface area contributed by atoms with Crippen molar-refractivity contribution in [1.82, 2.24) is 5.32 Å². The summed E-state index contributed by atoms with van der Waals surface area (Å²) in [5.74, 6) is 0.144. The summed E-state index contributed by atoms with van der Waals surface area (Å²) in [4.78, 5) is 25.2. The van der Waals surface area contributed by atoms with Gasteiger partial charge < -0.3 is 15.0 Å². The average Bonchev–Trinajstić information content (AvgIpc) is 2.85. The van der Waals surface area contributed by atoms with Crippen LogP contribution in [0.5, 0.6) is 0 Å². The van der Waals surface area contributed by atoms with E-state index in [1.807, 2.05) is 37.3 Å². The van der Waals surface area contributed by atoms with Crippen LogP contribution >= 0.6 is 0 Å². The van der Waals surface area contributed by atoms with E-state index in [1.54, 1.807) is 4.90 Å². The van der Waals surface area contributed by atoms with Gasteiger partial charge in [0.2, 0.25) is 11.8 Å². The molecule has 5 heteroatoms. The van der Waals surface area contributed by atoms with Gasteiger partial charge in [0.25, 0.3) is 0 Å². The van der Waals surface area contributed by atoms with E-state index in [-0.39, 0.29) is 24.3 Å². The summed E-state index contributed by atoms with van der Waals surface area (Å²) in [6.07, 6.45) is 0.476. The molecule has 1 N–H and O–H groups in total. The second-order valence-electron chi connectivity index (χ2n) is 4.85. The number of para-hydroxylation sites is 1. The van der Waals surface area contributed by atoms with E-state index >= 15 is 0 Å². The maximum Gasteiger partial charge on any atom is 0.246 e. The lowest BCUT2D eigenvalue weighted by Crippen LogP contribution is -2.33. The molecular formula is C15H20N2O3. The average molecular weight is 276 g/mol. The van der Waals surface area contributed by atoms with E-state index < -0.39 is 0 Å². The lowest BCUT2D eigenvalue weighted by Gasteiger charge is -2.16. The Balaban J connectivity index is 1.82. The molecule has 1 atom stereocenters. The molecule has 1 aliphatic rings. The maximum atomic E-state index is 12.0. The summed E-state index contributed by atoms with van der Waals surface area (Å²) in [6.45, 7) is 3.62. The molecule has 1 heterocycles. The number of benzene rings is 1. The van der Waals surface area contributed by atoms with Crippen LogP contribution in [0.4, 0.5) is 5.69 Å². The predicted molar refractivity (Wildman–Crippen MR) is 76.4 cm³/mol. The molecular weight excluding hydrogens is 256 g/mol. The molecule has 0 saturated carbocycles. The smallest absolute Gasteiger partial charge is 0.246 e. The van der Waals surface area contributed by atoms with Gasteiger partial charge in [-0.3, -0.25) is 9.59 Å². The third-order valence-electron chi connectivity index (χ3n) is 3.30. The molecule has 108 valence electrons. The Hall–Kier alpha value is -1.88. The Morgan fingerprint density at radius 2 is 2.15 bits per heavy atom. The topological polar surface area (TPSA) is 58.6 Å². The van der Waals surface area contributed by atoms with Crippen molar-refractivity contribution in [2.45, 2.75) is 13.3 Å². The number of hydrogen-bond donors (Lipinski definition) is 1. The van der Waals surface area contributed by atoms with E-state index in [0.717, 1.165) is 5.69 Å². The molecule has 2 amide bonds. The minimum Gasteiger partial charge on any atom is -0.372 e. The van der Waals surface area contributed by atoms with Crippen LogP contribution in [-0.2, 0) is 14.3 Å². The van der Waals surface area contributed by atoms with Crippen LogP contribution in [0.3, 0.4) is 0 Å². The van der Waals surface area contributed by atoms with Gasteiger partial charge in [-0.15, -0.1) is 0 Å². The molecule has 1 saturated heterocycles. The molecule has 5 nitrogen and oxygen atoms in total. The maximum absolute atomic E-state index is 12.0. The van der Waals surface area contributed by atoms with Gasteiger partial charge in [-0.2, -0.15) is 0 Å². The second-order valence-corrected chi connectivity index (χ2v) is 4.85. The minimum absolute atomic E-state index is 0.0829. The largest absolute Gasteiger partial charge is 0.372 e. The van der Waals surface area contributed by atoms with Crippen molar-refractivity contribution in [3.63, 3.8) is 0 Å². The number of ether oxygens (including phenoxy) is 1. The minimum atomic E-state index is -0.127. The molecule has 0 bridgehead atoms. The highest BCUT2D eigenvalue weighted by Crippen LogP contribution is 2.24. The number of anilines is 1. The van der Waals surface area contributed by atoms with Crippen LogP contribution in [0.2, 0.25) is 0 Å². The number of rotatable bonds is 6. The monoisotopic (exact) mass is 276 g/mol. The van der Waals surface area contributed by atoms with E-state index in [1.165, 1.54) is 0 Å². The summed E-state index contributed by atoms with van der Waals surface area (Å²) < 4.78 is 5.03. The molecule has 1 aliphatic heterocycles. The van der Waals surface area contributed by atoms with Crippen molar-refractivity contribution in [3.05, 3.63) is 30.3 Å². The Kier molecular flexibility index (Phi) is 5.12. The van der Waals surface area contributed by atoms with Crippen LogP contribution in [0.15, 0.2) is 30.3 Å². The van der Waals surface area contributed by atoms with Crippen molar-refractivity contribution in [3.8, 4) is 0 Å². The Bertz CT molecular complexity index is 461. The zero-order valence-corrected chi connectivity index (χ0v) is 11.7. The standard InChI is InChI=1S/C15H20N2O3/c1-2-20-11-14(18)16-9-12-8-15(19)17(10-12)13-6-4-3-5-7-13/h3-7,12H,2,8-11H2,1H3,(H,16,18). The van der Waals surface area contributed by atoms with E-state index in [2.05, 4.69) is 5.32 Å². The van der Waals surface area contributed by atoms with Gasteiger partial charge in [-0.05, 0) is 19.1 Å². The summed E-state index contributed by atoms with van der Waals surface area (Å²) in [6, 6.07) is 9.61. The first-order valence-electron chi connectivity index (χ1n) is 6.90. The summed E-state index contributed by atoms with van der Waals surface area (Å²) in [7, 11) is 0. The van der Waals surface area contributed by atoms with Crippen molar-refractivity contribution < 1.29 is 14.3 Å². The van der Waals surface area contributed by atoms with Crippen molar-refractivity contribution >= 4 is 17.5 Å². The Labute approximate surface area is 118 Å². The van der Waals surface area contributed by atoms with Crippen molar-refractivity contribution in [2.75, 3.05) is 31.2 Å². The fourth-order valence-corrected chi connectivity index (χ4v) is 2.28. The second kappa shape index (κ2) is 7.05. The third kappa shape index (κ3) is 3.81. The Morgan fingerprint density at radius 3 is 2.85 bits per heavy atom. The summed E-state index contributed by atoms with van der Waals surface area (Å²) in [5, 5.41) is 2.81. The van der Waals surface area contributed by atoms with Gasteiger partial charge in [0.05, 0.1) is 0 Å². The molecule has 1 unspecified atom stereocenters. The van der Waals surface area contributed by atoms with Crippen LogP contribution in [0, 0.1) is 5.92 Å². The molecule has 0 spiro atoms. The predicted octanol–water partition coefficient (Wildman–Crippen LogP) is 1.19. The van der Waals surface area contributed by atoms with Gasteiger partial charge in [0.1, 0.15) is 6.61 Å². The highest BCUT2D eigenvalue weighted by molar-refractivity contribution is 5.95. The SMILES string of the molecule is CCOCC(=O)NCC1CC(=O)N(c2ccccc2)C1. The lowest BCUT2D eigenvalue weighted by atomic mass is 10.1. The number of carbonyl (C=O) groups is 2. The fraction of sp³-hybridized carbons (Fsp3) is 0.467. The molecule has 1 aromatic rings. The molecule has 0 aromatic heterocycles. The highest BCUT2D eigenvalue weighted by atomic mass is 16.5. The van der Waals surface area contributed by atoms with Crippen LogP contribution in [0.25, 0.3) is 0 Å². The molecule has 1 fully saturated rings. The molecule has 20 heavy (non-hydrogen) atoms. The third-order valence-corrected chi connectivity index (χ3v) is 3.30. The van der Waals surface area contributed by atoms with E-state index in [0.29, 0.717) is 26.1 Å². The van der Waals surface area contributed by atoms with Crippen molar-refractivity contribution in [1.29, 1.82) is 0 Å². The first kappa shape index (κ1) is 14.5. The van der Waals surface area contributed by atoms with Gasteiger partial charge in [-0.1, -0.05) is 18.2 Å². The molecule has 1 aromatic carbocycles. The van der Waals surface area contributed by atoms with Gasteiger partial charge in [0, 0.05) is 37.7 Å². The Morgan fingerprint density at radius 1 is 1.40 bits per heavy atom. The van der Waals surface area contributed by atoms with Gasteiger partial charge in [0.15, 0.2) is 0 Å². The molecule has 0 radical (unpaired) electrons. The van der Waals surface area contributed by atoms with Gasteiger partial charge >= 0.3 is 0 Å². The lowest BCUT2D eigenvalue weighted by molar-refractivity contribution is -0.125. The van der Waals surface area contributed by atoms with Crippen LogP contribution in [-0.4, -0.2) is 38.1 Å². The normalized spacial score (nSPS) is 18.4. The number of nitrogens with zero attached hydrogens (tertiary/aromatic N) is 1. The van der Waals surface area contributed by atoms with Gasteiger partial charge in [-0.25, -0.2) is 0 Å². The van der Waals surface area contributed by atoms with Crippen LogP contribution in [0.1, 0.15) is 13.3 Å². The number of nitrogens with one attached hydrogen (secondary N) is 1. The fourth-order valence-electron chi connectivity index (χ4n) is 2.28. The quantitative estimate of drug-likeness (QED) is 0.849. The summed E-state index contributed by atoms with van der Waals surface area (Å²) >= 11 is 0. The van der Waals surface area contributed by atoms with Crippen LogP contribution < -0.4 is 10.2 Å². The summed E-state index contributed by atoms with van der Waals surface area (Å²) in [5.41, 5.74) is 0.917. The van der Waals surface area contributed by atoms with Crippen molar-refractivity contribution in [2.24, 2.45) is 5.92 Å². The number of hydrogen-bond acceptors (Lipinski definition) is 3. The zero-order chi connectivity index (χ0) is 14.4. The van der Waals surface area contributed by atoms with E-state index in [9.17, 15) is 9.59 Å². The molecule has 2 rings (SSSR count). The first-order valence-corrected chi connectivity index (χ1v) is 6.90. The number of carbonyl (C=O) groups excluding carboxylic acids is 2.